The van der Waals surface area contributed by atoms with Crippen LogP contribution in [0.3, 0.4) is 0 Å². The SMILES string of the molecule is Cc1cc(CN(C)S(=O)(=O)c2cccc(C(=O)O)c2)no1. The van der Waals surface area contributed by atoms with Gasteiger partial charge >= 0.3 is 5.97 Å². The molecule has 0 amide bonds. The van der Waals surface area contributed by atoms with Gasteiger partial charge in [0.25, 0.3) is 0 Å². The summed E-state index contributed by atoms with van der Waals surface area (Å²) >= 11 is 0. The molecule has 7 nitrogen and oxygen atoms in total. The Morgan fingerprint density at radius 3 is 2.67 bits per heavy atom. The van der Waals surface area contributed by atoms with Crippen LogP contribution >= 0.6 is 0 Å². The van der Waals surface area contributed by atoms with E-state index in [9.17, 15) is 13.2 Å². The molecule has 8 heteroatoms. The molecule has 0 saturated heterocycles. The normalized spacial score (nSPS) is 11.8. The fourth-order valence-corrected chi connectivity index (χ4v) is 2.96. The molecule has 0 aliphatic rings. The molecule has 0 aliphatic heterocycles. The number of aromatic carboxylic acids is 1. The van der Waals surface area contributed by atoms with Gasteiger partial charge in [-0.15, -0.1) is 0 Å². The summed E-state index contributed by atoms with van der Waals surface area (Å²) in [6.45, 7) is 1.75. The summed E-state index contributed by atoms with van der Waals surface area (Å²) < 4.78 is 30.8. The fraction of sp³-hybridized carbons (Fsp3) is 0.231. The highest BCUT2D eigenvalue weighted by atomic mass is 32.2. The first-order valence-corrected chi connectivity index (χ1v) is 7.46. The molecule has 1 aromatic heterocycles. The molecule has 1 heterocycles. The maximum atomic E-state index is 12.4. The molecule has 0 unspecified atom stereocenters. The second kappa shape index (κ2) is 5.66. The third kappa shape index (κ3) is 3.29. The van der Waals surface area contributed by atoms with E-state index in [1.54, 1.807) is 13.0 Å². The molecule has 112 valence electrons. The van der Waals surface area contributed by atoms with Gasteiger partial charge in [-0.25, -0.2) is 13.2 Å². The lowest BCUT2D eigenvalue weighted by Gasteiger charge is -2.16. The van der Waals surface area contributed by atoms with Crippen LogP contribution in [0.25, 0.3) is 0 Å². The Morgan fingerprint density at radius 1 is 1.38 bits per heavy atom. The Hall–Kier alpha value is -2.19. The van der Waals surface area contributed by atoms with E-state index < -0.39 is 16.0 Å². The molecule has 1 aromatic carbocycles. The Bertz CT molecular complexity index is 766. The quantitative estimate of drug-likeness (QED) is 0.898. The summed E-state index contributed by atoms with van der Waals surface area (Å²) in [4.78, 5) is 10.8. The molecule has 0 fully saturated rings. The van der Waals surface area contributed by atoms with Gasteiger partial charge < -0.3 is 9.63 Å². The summed E-state index contributed by atoms with van der Waals surface area (Å²) in [6.07, 6.45) is 0. The highest BCUT2D eigenvalue weighted by Crippen LogP contribution is 2.18. The molecule has 21 heavy (non-hydrogen) atoms. The van der Waals surface area contributed by atoms with Crippen LogP contribution in [-0.4, -0.2) is 36.0 Å². The topological polar surface area (TPSA) is 101 Å². The van der Waals surface area contributed by atoms with Crippen molar-refractivity contribution in [1.82, 2.24) is 9.46 Å². The molecule has 1 N–H and O–H groups in total. The van der Waals surface area contributed by atoms with Gasteiger partial charge in [0.2, 0.25) is 10.0 Å². The van der Waals surface area contributed by atoms with Gasteiger partial charge in [-0.3, -0.25) is 0 Å². The first-order valence-electron chi connectivity index (χ1n) is 6.02. The van der Waals surface area contributed by atoms with Gasteiger partial charge in [-0.1, -0.05) is 11.2 Å². The maximum Gasteiger partial charge on any atom is 0.335 e. The van der Waals surface area contributed by atoms with Crippen LogP contribution in [-0.2, 0) is 16.6 Å². The van der Waals surface area contributed by atoms with Crippen LogP contribution in [0.15, 0.2) is 39.8 Å². The van der Waals surface area contributed by atoms with Gasteiger partial charge in [0.05, 0.1) is 22.7 Å². The lowest BCUT2D eigenvalue weighted by molar-refractivity contribution is 0.0696. The van der Waals surface area contributed by atoms with Gasteiger partial charge in [-0.05, 0) is 25.1 Å². The number of aryl methyl sites for hydroxylation is 1. The summed E-state index contributed by atoms with van der Waals surface area (Å²) in [5.41, 5.74) is 0.398. The second-order valence-corrected chi connectivity index (χ2v) is 6.57. The Morgan fingerprint density at radius 2 is 2.10 bits per heavy atom. The minimum absolute atomic E-state index is 0.0387. The van der Waals surface area contributed by atoms with Crippen LogP contribution in [0.5, 0.6) is 0 Å². The molecular weight excluding hydrogens is 296 g/mol. The van der Waals surface area contributed by atoms with Crippen LogP contribution in [0.2, 0.25) is 0 Å². The highest BCUT2D eigenvalue weighted by molar-refractivity contribution is 7.89. The average Bonchev–Trinajstić information content (AvgIpc) is 2.84. The van der Waals surface area contributed by atoms with Crippen LogP contribution in [0.4, 0.5) is 0 Å². The Kier molecular flexibility index (Phi) is 4.10. The fourth-order valence-electron chi connectivity index (χ4n) is 1.78. The minimum Gasteiger partial charge on any atom is -0.478 e. The number of nitrogens with zero attached hydrogens (tertiary/aromatic N) is 2. The largest absolute Gasteiger partial charge is 0.478 e. The molecule has 0 radical (unpaired) electrons. The summed E-state index contributed by atoms with van der Waals surface area (Å²) in [5, 5.41) is 12.7. The van der Waals surface area contributed by atoms with E-state index in [0.29, 0.717) is 11.5 Å². The van der Waals surface area contributed by atoms with E-state index >= 15 is 0 Å². The zero-order valence-electron chi connectivity index (χ0n) is 11.5. The summed E-state index contributed by atoms with van der Waals surface area (Å²) in [6, 6.07) is 6.85. The number of carboxylic acid groups (broad SMARTS) is 1. The smallest absolute Gasteiger partial charge is 0.335 e. The number of hydrogen-bond acceptors (Lipinski definition) is 5. The molecule has 0 bridgehead atoms. The lowest BCUT2D eigenvalue weighted by Crippen LogP contribution is -2.26. The standard InChI is InChI=1S/C13H14N2O5S/c1-9-6-11(14-20-9)8-15(2)21(18,19)12-5-3-4-10(7-12)13(16)17/h3-7H,8H2,1-2H3,(H,16,17). The second-order valence-electron chi connectivity index (χ2n) is 4.52. The molecule has 0 saturated carbocycles. The van der Waals surface area contributed by atoms with Crippen molar-refractivity contribution in [3.05, 3.63) is 47.3 Å². The van der Waals surface area contributed by atoms with Crippen molar-refractivity contribution >= 4 is 16.0 Å². The molecular formula is C13H14N2O5S. The highest BCUT2D eigenvalue weighted by Gasteiger charge is 2.23. The van der Waals surface area contributed by atoms with Crippen molar-refractivity contribution in [2.24, 2.45) is 0 Å². The molecule has 0 atom stereocenters. The Labute approximate surface area is 121 Å². The van der Waals surface area contributed by atoms with Crippen molar-refractivity contribution in [3.63, 3.8) is 0 Å². The van der Waals surface area contributed by atoms with Gasteiger partial charge in [-0.2, -0.15) is 4.31 Å². The van der Waals surface area contributed by atoms with Crippen molar-refractivity contribution in [1.29, 1.82) is 0 Å². The van der Waals surface area contributed by atoms with E-state index in [0.717, 1.165) is 10.4 Å². The van der Waals surface area contributed by atoms with Crippen molar-refractivity contribution in [2.75, 3.05) is 7.05 Å². The predicted octanol–water partition coefficient (Wildman–Crippen LogP) is 1.50. The molecule has 0 aliphatic carbocycles. The van der Waals surface area contributed by atoms with E-state index in [1.807, 2.05) is 0 Å². The van der Waals surface area contributed by atoms with E-state index in [1.165, 1.54) is 25.2 Å². The predicted molar refractivity (Wildman–Crippen MR) is 73.3 cm³/mol. The van der Waals surface area contributed by atoms with Crippen LogP contribution < -0.4 is 0 Å². The number of benzene rings is 1. The van der Waals surface area contributed by atoms with E-state index in [4.69, 9.17) is 9.63 Å². The van der Waals surface area contributed by atoms with Gasteiger partial charge in [0, 0.05) is 13.1 Å². The van der Waals surface area contributed by atoms with Crippen LogP contribution in [0, 0.1) is 6.92 Å². The van der Waals surface area contributed by atoms with Gasteiger partial charge in [0.1, 0.15) is 5.76 Å². The number of carbonyl (C=O) groups is 1. The van der Waals surface area contributed by atoms with Crippen LogP contribution in [0.1, 0.15) is 21.8 Å². The zero-order chi connectivity index (χ0) is 15.6. The van der Waals surface area contributed by atoms with E-state index in [-0.39, 0.29) is 17.0 Å². The first kappa shape index (κ1) is 15.2. The number of hydrogen-bond donors (Lipinski definition) is 1. The van der Waals surface area contributed by atoms with Crippen molar-refractivity contribution in [2.45, 2.75) is 18.4 Å². The first-order chi connectivity index (χ1) is 9.80. The Balaban J connectivity index is 2.28. The van der Waals surface area contributed by atoms with Crippen molar-refractivity contribution < 1.29 is 22.8 Å². The zero-order valence-corrected chi connectivity index (χ0v) is 12.3. The third-order valence-electron chi connectivity index (χ3n) is 2.85. The summed E-state index contributed by atoms with van der Waals surface area (Å²) in [5.74, 6) is -0.592. The number of sulfonamides is 1. The minimum atomic E-state index is -3.80. The van der Waals surface area contributed by atoms with Crippen molar-refractivity contribution in [3.8, 4) is 0 Å². The molecule has 0 spiro atoms. The average molecular weight is 310 g/mol. The number of carboxylic acids is 1. The number of rotatable bonds is 5. The van der Waals surface area contributed by atoms with E-state index in [2.05, 4.69) is 5.16 Å². The third-order valence-corrected chi connectivity index (χ3v) is 4.65. The molecule has 2 rings (SSSR count). The molecule has 2 aromatic rings. The maximum absolute atomic E-state index is 12.4. The summed E-state index contributed by atoms with van der Waals surface area (Å²) in [7, 11) is -2.40. The lowest BCUT2D eigenvalue weighted by atomic mass is 10.2. The van der Waals surface area contributed by atoms with Gasteiger partial charge in [0.15, 0.2) is 0 Å². The number of aromatic nitrogens is 1. The monoisotopic (exact) mass is 310 g/mol.